The van der Waals surface area contributed by atoms with Gasteiger partial charge in [0.2, 0.25) is 0 Å². The van der Waals surface area contributed by atoms with E-state index in [9.17, 15) is 4.79 Å². The van der Waals surface area contributed by atoms with Gasteiger partial charge in [0.15, 0.2) is 5.13 Å². The lowest BCUT2D eigenvalue weighted by atomic mass is 9.87. The van der Waals surface area contributed by atoms with Crippen LogP contribution in [0, 0.1) is 0 Å². The first-order valence-electron chi connectivity index (χ1n) is 7.34. The minimum atomic E-state index is -0.0807. The number of benzene rings is 1. The number of nitrogens with one attached hydrogen (secondary N) is 1. The molecule has 1 aliphatic rings. The molecule has 0 aliphatic heterocycles. The van der Waals surface area contributed by atoms with Crippen LogP contribution in [0.3, 0.4) is 0 Å². The van der Waals surface area contributed by atoms with Crippen molar-refractivity contribution < 1.29 is 4.79 Å². The number of amides is 1. The number of anilines is 1. The van der Waals surface area contributed by atoms with Crippen molar-refractivity contribution in [1.82, 2.24) is 4.98 Å². The Kier molecular flexibility index (Phi) is 3.57. The molecular formula is C17H20N2OS. The standard InChI is InChI=1S/C17H20N2OS/c1-17(2,3)12-9-7-11(8-10-12)15(20)19-16-18-13-5-4-6-14(13)21-16/h7-10H,4-6H2,1-3H3,(H,18,19,20). The average molecular weight is 300 g/mol. The lowest BCUT2D eigenvalue weighted by molar-refractivity contribution is 0.102. The number of thiazole rings is 1. The molecule has 0 atom stereocenters. The minimum absolute atomic E-state index is 0.0807. The molecule has 21 heavy (non-hydrogen) atoms. The van der Waals surface area contributed by atoms with Gasteiger partial charge in [-0.15, -0.1) is 11.3 Å². The fourth-order valence-corrected chi connectivity index (χ4v) is 3.58. The van der Waals surface area contributed by atoms with E-state index < -0.39 is 0 Å². The highest BCUT2D eigenvalue weighted by Gasteiger charge is 2.18. The van der Waals surface area contributed by atoms with Crippen molar-refractivity contribution in [3.05, 3.63) is 46.0 Å². The van der Waals surface area contributed by atoms with Crippen molar-refractivity contribution in [3.63, 3.8) is 0 Å². The Labute approximate surface area is 129 Å². The van der Waals surface area contributed by atoms with Crippen molar-refractivity contribution in [3.8, 4) is 0 Å². The molecule has 1 amide bonds. The number of hydrogen-bond acceptors (Lipinski definition) is 3. The first-order chi connectivity index (χ1) is 9.93. The quantitative estimate of drug-likeness (QED) is 0.904. The molecule has 2 aromatic rings. The average Bonchev–Trinajstić information content (AvgIpc) is 2.98. The van der Waals surface area contributed by atoms with Crippen molar-refractivity contribution in [2.45, 2.75) is 45.4 Å². The van der Waals surface area contributed by atoms with E-state index in [2.05, 4.69) is 31.1 Å². The third kappa shape index (κ3) is 3.00. The molecule has 4 heteroatoms. The Morgan fingerprint density at radius 2 is 1.90 bits per heavy atom. The third-order valence-corrected chi connectivity index (χ3v) is 4.90. The van der Waals surface area contributed by atoms with Gasteiger partial charge in [-0.3, -0.25) is 10.1 Å². The van der Waals surface area contributed by atoms with Crippen molar-refractivity contribution in [1.29, 1.82) is 0 Å². The molecule has 0 radical (unpaired) electrons. The zero-order valence-corrected chi connectivity index (χ0v) is 13.5. The van der Waals surface area contributed by atoms with Gasteiger partial charge in [0, 0.05) is 10.4 Å². The zero-order chi connectivity index (χ0) is 15.0. The van der Waals surface area contributed by atoms with E-state index in [0.717, 1.165) is 18.0 Å². The molecule has 0 fully saturated rings. The van der Waals surface area contributed by atoms with E-state index >= 15 is 0 Å². The number of aryl methyl sites for hydroxylation is 2. The first kappa shape index (κ1) is 14.3. The number of hydrogen-bond donors (Lipinski definition) is 1. The maximum atomic E-state index is 12.3. The van der Waals surface area contributed by atoms with E-state index in [-0.39, 0.29) is 11.3 Å². The summed E-state index contributed by atoms with van der Waals surface area (Å²) < 4.78 is 0. The van der Waals surface area contributed by atoms with E-state index in [1.165, 1.54) is 22.6 Å². The van der Waals surface area contributed by atoms with Crippen LogP contribution >= 0.6 is 11.3 Å². The number of nitrogens with zero attached hydrogens (tertiary/aromatic N) is 1. The highest BCUT2D eigenvalue weighted by molar-refractivity contribution is 7.15. The van der Waals surface area contributed by atoms with Crippen LogP contribution in [-0.2, 0) is 18.3 Å². The van der Waals surface area contributed by atoms with Gasteiger partial charge < -0.3 is 0 Å². The van der Waals surface area contributed by atoms with E-state index in [1.807, 2.05) is 24.3 Å². The van der Waals surface area contributed by atoms with Crippen molar-refractivity contribution >= 4 is 22.4 Å². The summed E-state index contributed by atoms with van der Waals surface area (Å²) in [5.41, 5.74) is 3.18. The smallest absolute Gasteiger partial charge is 0.257 e. The zero-order valence-electron chi connectivity index (χ0n) is 12.7. The van der Waals surface area contributed by atoms with Crippen LogP contribution in [0.5, 0.6) is 0 Å². The van der Waals surface area contributed by atoms with Crippen LogP contribution in [0.15, 0.2) is 24.3 Å². The monoisotopic (exact) mass is 300 g/mol. The van der Waals surface area contributed by atoms with Crippen molar-refractivity contribution in [2.75, 3.05) is 5.32 Å². The fourth-order valence-electron chi connectivity index (χ4n) is 2.53. The predicted molar refractivity (Wildman–Crippen MR) is 87.2 cm³/mol. The maximum Gasteiger partial charge on any atom is 0.257 e. The van der Waals surface area contributed by atoms with E-state index in [0.29, 0.717) is 5.56 Å². The number of aromatic nitrogens is 1. The van der Waals surface area contributed by atoms with Crippen LogP contribution in [0.1, 0.15) is 53.7 Å². The van der Waals surface area contributed by atoms with E-state index in [1.54, 1.807) is 11.3 Å². The molecule has 3 rings (SSSR count). The maximum absolute atomic E-state index is 12.3. The lowest BCUT2D eigenvalue weighted by Crippen LogP contribution is -2.14. The molecule has 3 nitrogen and oxygen atoms in total. The van der Waals surface area contributed by atoms with Gasteiger partial charge in [0.1, 0.15) is 0 Å². The second-order valence-electron chi connectivity index (χ2n) is 6.52. The second-order valence-corrected chi connectivity index (χ2v) is 7.61. The molecule has 1 heterocycles. The lowest BCUT2D eigenvalue weighted by Gasteiger charge is -2.18. The van der Waals surface area contributed by atoms with Gasteiger partial charge in [0.05, 0.1) is 5.69 Å². The number of carbonyl (C=O) groups is 1. The molecule has 0 spiro atoms. The van der Waals surface area contributed by atoms with Gasteiger partial charge in [-0.05, 0) is 42.4 Å². The Morgan fingerprint density at radius 3 is 2.52 bits per heavy atom. The van der Waals surface area contributed by atoms with Gasteiger partial charge in [-0.2, -0.15) is 0 Å². The molecular weight excluding hydrogens is 280 g/mol. The van der Waals surface area contributed by atoms with Crippen molar-refractivity contribution in [2.24, 2.45) is 0 Å². The normalized spacial score (nSPS) is 14.0. The topological polar surface area (TPSA) is 42.0 Å². The van der Waals surface area contributed by atoms with Crippen LogP contribution in [0.4, 0.5) is 5.13 Å². The molecule has 0 saturated heterocycles. The third-order valence-electron chi connectivity index (χ3n) is 3.83. The highest BCUT2D eigenvalue weighted by Crippen LogP contribution is 2.30. The highest BCUT2D eigenvalue weighted by atomic mass is 32.1. The van der Waals surface area contributed by atoms with Crippen LogP contribution < -0.4 is 5.32 Å². The SMILES string of the molecule is CC(C)(C)c1ccc(C(=O)Nc2nc3c(s2)CCC3)cc1. The van der Waals surface area contributed by atoms with Gasteiger partial charge in [-0.25, -0.2) is 4.98 Å². The van der Waals surface area contributed by atoms with Crippen LogP contribution in [-0.4, -0.2) is 10.9 Å². The Hall–Kier alpha value is -1.68. The molecule has 0 unspecified atom stereocenters. The molecule has 1 N–H and O–H groups in total. The summed E-state index contributed by atoms with van der Waals surface area (Å²) in [6.07, 6.45) is 3.34. The first-order valence-corrected chi connectivity index (χ1v) is 8.15. The molecule has 110 valence electrons. The predicted octanol–water partition coefficient (Wildman–Crippen LogP) is 4.18. The van der Waals surface area contributed by atoms with Gasteiger partial charge in [0.25, 0.3) is 5.91 Å². The van der Waals surface area contributed by atoms with Gasteiger partial charge in [-0.1, -0.05) is 32.9 Å². The number of carbonyl (C=O) groups excluding carboxylic acids is 1. The molecule has 1 aromatic carbocycles. The molecule has 1 aliphatic carbocycles. The Balaban J connectivity index is 1.73. The summed E-state index contributed by atoms with van der Waals surface area (Å²) in [5, 5.41) is 3.64. The van der Waals surface area contributed by atoms with Crippen LogP contribution in [0.25, 0.3) is 0 Å². The van der Waals surface area contributed by atoms with Crippen LogP contribution in [0.2, 0.25) is 0 Å². The number of rotatable bonds is 2. The Morgan fingerprint density at radius 1 is 1.19 bits per heavy atom. The summed E-state index contributed by atoms with van der Waals surface area (Å²) in [7, 11) is 0. The number of fused-ring (bicyclic) bond motifs is 1. The van der Waals surface area contributed by atoms with Gasteiger partial charge >= 0.3 is 0 Å². The fraction of sp³-hybridized carbons (Fsp3) is 0.412. The largest absolute Gasteiger partial charge is 0.298 e. The minimum Gasteiger partial charge on any atom is -0.298 e. The molecule has 0 saturated carbocycles. The Bertz CT molecular complexity index is 644. The molecule has 1 aromatic heterocycles. The summed E-state index contributed by atoms with van der Waals surface area (Å²) in [5.74, 6) is -0.0807. The van der Waals surface area contributed by atoms with E-state index in [4.69, 9.17) is 0 Å². The summed E-state index contributed by atoms with van der Waals surface area (Å²) in [6.45, 7) is 6.50. The summed E-state index contributed by atoms with van der Waals surface area (Å²) in [6, 6.07) is 7.82. The second kappa shape index (κ2) is 5.26. The summed E-state index contributed by atoms with van der Waals surface area (Å²) >= 11 is 1.61. The summed E-state index contributed by atoms with van der Waals surface area (Å²) in [4.78, 5) is 18.1. The molecule has 0 bridgehead atoms.